The third-order valence-electron chi connectivity index (χ3n) is 4.36. The van der Waals surface area contributed by atoms with Crippen LogP contribution in [0.3, 0.4) is 0 Å². The molecule has 0 fully saturated rings. The number of carbonyl (C=O) groups is 1. The lowest BCUT2D eigenvalue weighted by molar-refractivity contribution is -0.122. The average molecular weight is 443 g/mol. The maximum atomic E-state index is 12.5. The molecule has 0 spiro atoms. The molecule has 30 heavy (non-hydrogen) atoms. The number of nitrogens with zero attached hydrogens (tertiary/aromatic N) is 1. The van der Waals surface area contributed by atoms with Gasteiger partial charge in [-0.05, 0) is 61.5 Å². The van der Waals surface area contributed by atoms with Crippen molar-refractivity contribution in [1.29, 1.82) is 0 Å². The van der Waals surface area contributed by atoms with Crippen LogP contribution in [0.25, 0.3) is 22.6 Å². The molecule has 0 aliphatic rings. The summed E-state index contributed by atoms with van der Waals surface area (Å²) >= 11 is 12.1. The number of carbonyl (C=O) groups excluding carboxylic acids is 1. The first-order valence-corrected chi connectivity index (χ1v) is 9.78. The highest BCUT2D eigenvalue weighted by atomic mass is 35.5. The van der Waals surface area contributed by atoms with Gasteiger partial charge in [0, 0.05) is 11.3 Å². The Morgan fingerprint density at radius 3 is 2.67 bits per heavy atom. The second-order valence-corrected chi connectivity index (χ2v) is 7.33. The molecule has 0 saturated heterocycles. The van der Waals surface area contributed by atoms with Crippen molar-refractivity contribution in [3.63, 3.8) is 0 Å². The Morgan fingerprint density at radius 2 is 1.90 bits per heavy atom. The lowest BCUT2D eigenvalue weighted by atomic mass is 10.2. The van der Waals surface area contributed by atoms with Gasteiger partial charge in [-0.15, -0.1) is 0 Å². The predicted molar refractivity (Wildman–Crippen MR) is 116 cm³/mol. The Bertz CT molecular complexity index is 1220. The fourth-order valence-corrected chi connectivity index (χ4v) is 3.13. The molecule has 1 aromatic heterocycles. The van der Waals surface area contributed by atoms with Gasteiger partial charge in [0.25, 0.3) is 5.91 Å². The number of oxazole rings is 1. The minimum Gasteiger partial charge on any atom is -0.508 e. The highest BCUT2D eigenvalue weighted by Crippen LogP contribution is 2.32. The van der Waals surface area contributed by atoms with Gasteiger partial charge in [0.2, 0.25) is 5.89 Å². The Labute approximate surface area is 182 Å². The van der Waals surface area contributed by atoms with Crippen molar-refractivity contribution >= 4 is 45.9 Å². The van der Waals surface area contributed by atoms with Gasteiger partial charge in [0.1, 0.15) is 22.0 Å². The van der Waals surface area contributed by atoms with E-state index in [1.807, 2.05) is 0 Å². The number of phenols is 1. The molecule has 0 unspecified atom stereocenters. The van der Waals surface area contributed by atoms with Crippen LogP contribution in [0, 0.1) is 0 Å². The Balaban J connectivity index is 1.49. The fourth-order valence-electron chi connectivity index (χ4n) is 2.80. The van der Waals surface area contributed by atoms with Crippen LogP contribution in [0.5, 0.6) is 11.5 Å². The number of fused-ring (bicyclic) bond motifs is 1. The van der Waals surface area contributed by atoms with Crippen LogP contribution in [-0.4, -0.2) is 22.1 Å². The number of aromatic hydroxyl groups is 1. The monoisotopic (exact) mass is 442 g/mol. The minimum atomic E-state index is -0.804. The highest BCUT2D eigenvalue weighted by molar-refractivity contribution is 6.42. The number of hydrogen-bond donors (Lipinski definition) is 2. The summed E-state index contributed by atoms with van der Waals surface area (Å²) in [5, 5.41) is 12.8. The molecule has 4 rings (SSSR count). The first-order chi connectivity index (χ1) is 14.4. The summed E-state index contributed by atoms with van der Waals surface area (Å²) in [5.41, 5.74) is 2.44. The van der Waals surface area contributed by atoms with E-state index in [2.05, 4.69) is 10.3 Å². The molecule has 6 nitrogen and oxygen atoms in total. The third-order valence-corrected chi connectivity index (χ3v) is 5.16. The molecule has 0 aliphatic heterocycles. The second-order valence-electron chi connectivity index (χ2n) is 6.55. The van der Waals surface area contributed by atoms with Crippen LogP contribution >= 0.6 is 23.2 Å². The number of rotatable bonds is 5. The summed E-state index contributed by atoms with van der Waals surface area (Å²) in [6.45, 7) is 1.62. The van der Waals surface area contributed by atoms with Crippen molar-refractivity contribution in [1.82, 2.24) is 4.98 Å². The van der Waals surface area contributed by atoms with Gasteiger partial charge in [-0.1, -0.05) is 29.3 Å². The molecule has 0 saturated carbocycles. The molecule has 1 amide bonds. The fraction of sp³-hybridized carbons (Fsp3) is 0.0909. The molecule has 0 bridgehead atoms. The molecule has 152 valence electrons. The Hall–Kier alpha value is -3.22. The van der Waals surface area contributed by atoms with Crippen LogP contribution in [-0.2, 0) is 4.79 Å². The molecular weight excluding hydrogens is 427 g/mol. The normalized spacial score (nSPS) is 12.0. The van der Waals surface area contributed by atoms with E-state index in [1.54, 1.807) is 67.6 Å². The number of halogens is 2. The number of anilines is 1. The largest absolute Gasteiger partial charge is 0.508 e. The standard InChI is InChI=1S/C22H16Cl2N2O4/c1-12(29-19-4-2-3-16(23)20(19)24)21(28)25-14-7-10-18-17(11-14)26-22(30-18)13-5-8-15(27)9-6-13/h2-12,27H,1H3,(H,25,28)/t12-/m0/s1. The molecule has 1 atom stereocenters. The van der Waals surface area contributed by atoms with Gasteiger partial charge in [-0.25, -0.2) is 4.98 Å². The van der Waals surface area contributed by atoms with Crippen molar-refractivity contribution in [3.8, 4) is 23.0 Å². The molecule has 0 radical (unpaired) electrons. The van der Waals surface area contributed by atoms with E-state index in [1.165, 1.54) is 0 Å². The van der Waals surface area contributed by atoms with Crippen LogP contribution < -0.4 is 10.1 Å². The molecule has 1 heterocycles. The van der Waals surface area contributed by atoms with Gasteiger partial charge in [-0.2, -0.15) is 0 Å². The zero-order valence-electron chi connectivity index (χ0n) is 15.7. The quantitative estimate of drug-likeness (QED) is 0.401. The first-order valence-electron chi connectivity index (χ1n) is 9.02. The summed E-state index contributed by atoms with van der Waals surface area (Å²) in [5.74, 6) is 0.556. The molecule has 2 N–H and O–H groups in total. The SMILES string of the molecule is C[C@H](Oc1cccc(Cl)c1Cl)C(=O)Nc1ccc2oc(-c3ccc(O)cc3)nc2c1. The van der Waals surface area contributed by atoms with Gasteiger partial charge < -0.3 is 19.6 Å². The van der Waals surface area contributed by atoms with Gasteiger partial charge in [-0.3, -0.25) is 4.79 Å². The zero-order chi connectivity index (χ0) is 21.3. The van der Waals surface area contributed by atoms with E-state index < -0.39 is 6.10 Å². The van der Waals surface area contributed by atoms with Crippen LogP contribution in [0.2, 0.25) is 10.0 Å². The Kier molecular flexibility index (Phi) is 5.53. The maximum Gasteiger partial charge on any atom is 0.265 e. The number of aromatic nitrogens is 1. The summed E-state index contributed by atoms with van der Waals surface area (Å²) < 4.78 is 11.4. The van der Waals surface area contributed by atoms with Crippen LogP contribution in [0.4, 0.5) is 5.69 Å². The van der Waals surface area contributed by atoms with E-state index in [0.29, 0.717) is 33.4 Å². The van der Waals surface area contributed by atoms with Crippen molar-refractivity contribution in [3.05, 3.63) is 70.7 Å². The van der Waals surface area contributed by atoms with E-state index in [0.717, 1.165) is 5.56 Å². The first kappa shape index (κ1) is 20.1. The lowest BCUT2D eigenvalue weighted by Crippen LogP contribution is -2.30. The molecule has 8 heteroatoms. The summed E-state index contributed by atoms with van der Waals surface area (Å²) in [6, 6.07) is 16.7. The zero-order valence-corrected chi connectivity index (χ0v) is 17.2. The number of nitrogens with one attached hydrogen (secondary N) is 1. The van der Waals surface area contributed by atoms with E-state index in [4.69, 9.17) is 32.4 Å². The van der Waals surface area contributed by atoms with Crippen LogP contribution in [0.1, 0.15) is 6.92 Å². The van der Waals surface area contributed by atoms with E-state index >= 15 is 0 Å². The van der Waals surface area contributed by atoms with Crippen LogP contribution in [0.15, 0.2) is 65.1 Å². The van der Waals surface area contributed by atoms with E-state index in [9.17, 15) is 9.90 Å². The maximum absolute atomic E-state index is 12.5. The topological polar surface area (TPSA) is 84.6 Å². The number of amides is 1. The lowest BCUT2D eigenvalue weighted by Gasteiger charge is -2.16. The highest BCUT2D eigenvalue weighted by Gasteiger charge is 2.18. The molecule has 4 aromatic rings. The van der Waals surface area contributed by atoms with Crippen molar-refractivity contribution in [2.45, 2.75) is 13.0 Å². The predicted octanol–water partition coefficient (Wildman–Crippen LogP) is 5.91. The van der Waals surface area contributed by atoms with Gasteiger partial charge in [0.15, 0.2) is 11.7 Å². The smallest absolute Gasteiger partial charge is 0.265 e. The van der Waals surface area contributed by atoms with Crippen molar-refractivity contribution < 1.29 is 19.1 Å². The number of hydrogen-bond acceptors (Lipinski definition) is 5. The average Bonchev–Trinajstić information content (AvgIpc) is 3.15. The molecule has 0 aliphatic carbocycles. The summed E-state index contributed by atoms with van der Waals surface area (Å²) in [6.07, 6.45) is -0.804. The van der Waals surface area contributed by atoms with Crippen molar-refractivity contribution in [2.75, 3.05) is 5.32 Å². The minimum absolute atomic E-state index is 0.162. The van der Waals surface area contributed by atoms with E-state index in [-0.39, 0.29) is 16.7 Å². The number of phenolic OH excluding ortho intramolecular Hbond substituents is 1. The summed E-state index contributed by atoms with van der Waals surface area (Å²) in [7, 11) is 0. The second kappa shape index (κ2) is 8.26. The summed E-state index contributed by atoms with van der Waals surface area (Å²) in [4.78, 5) is 17.0. The molecular formula is C22H16Cl2N2O4. The van der Waals surface area contributed by atoms with Gasteiger partial charge in [0.05, 0.1) is 5.02 Å². The molecule has 3 aromatic carbocycles. The number of benzene rings is 3. The third kappa shape index (κ3) is 4.20. The number of ether oxygens (including phenoxy) is 1. The van der Waals surface area contributed by atoms with Crippen molar-refractivity contribution in [2.24, 2.45) is 0 Å². The van der Waals surface area contributed by atoms with Gasteiger partial charge >= 0.3 is 0 Å². The Morgan fingerprint density at radius 1 is 1.13 bits per heavy atom.